The summed E-state index contributed by atoms with van der Waals surface area (Å²) in [5.74, 6) is 0.524. The molecule has 0 spiro atoms. The molecule has 0 heterocycles. The summed E-state index contributed by atoms with van der Waals surface area (Å²) in [6.07, 6.45) is 0. The molecule has 19 heavy (non-hydrogen) atoms. The van der Waals surface area contributed by atoms with Crippen molar-refractivity contribution in [3.8, 4) is 0 Å². The van der Waals surface area contributed by atoms with E-state index in [1.807, 2.05) is 6.07 Å². The molecule has 0 bridgehead atoms. The lowest BCUT2D eigenvalue weighted by atomic mass is 10.2. The summed E-state index contributed by atoms with van der Waals surface area (Å²) in [6, 6.07) is 14.6. The van der Waals surface area contributed by atoms with E-state index in [-0.39, 0.29) is 0 Å². The molecule has 2 rings (SSSR count). The van der Waals surface area contributed by atoms with Gasteiger partial charge >= 0.3 is 0 Å². The van der Waals surface area contributed by atoms with Crippen LogP contribution in [0.1, 0.15) is 11.1 Å². The summed E-state index contributed by atoms with van der Waals surface area (Å²) < 4.78 is 2.16. The van der Waals surface area contributed by atoms with E-state index in [1.54, 1.807) is 0 Å². The summed E-state index contributed by atoms with van der Waals surface area (Å²) in [7, 11) is 2.09. The molecule has 0 aliphatic carbocycles. The van der Waals surface area contributed by atoms with Crippen molar-refractivity contribution in [3.05, 3.63) is 62.5 Å². The van der Waals surface area contributed by atoms with Gasteiger partial charge in [-0.2, -0.15) is 0 Å². The molecule has 4 heteroatoms. The highest BCUT2D eigenvalue weighted by molar-refractivity contribution is 9.10. The predicted octanol–water partition coefficient (Wildman–Crippen LogP) is 5.59. The fraction of sp³-hybridized carbons (Fsp3) is 0.200. The van der Waals surface area contributed by atoms with Crippen LogP contribution in [0.3, 0.4) is 0 Å². The average molecular weight is 404 g/mol. The van der Waals surface area contributed by atoms with Crippen LogP contribution in [-0.2, 0) is 12.4 Å². The number of nitrogens with zero attached hydrogens (tertiary/aromatic N) is 1. The third kappa shape index (κ3) is 3.98. The summed E-state index contributed by atoms with van der Waals surface area (Å²) in [5, 5.41) is 0. The lowest BCUT2D eigenvalue weighted by molar-refractivity contribution is 0.921. The number of hydrogen-bond acceptors (Lipinski definition) is 1. The number of alkyl halides is 1. The number of anilines is 1. The van der Waals surface area contributed by atoms with Crippen molar-refractivity contribution in [3.63, 3.8) is 0 Å². The zero-order valence-electron chi connectivity index (χ0n) is 10.5. The Labute approximate surface area is 135 Å². The van der Waals surface area contributed by atoms with Gasteiger partial charge in [0.1, 0.15) is 0 Å². The van der Waals surface area contributed by atoms with E-state index in [0.29, 0.717) is 5.88 Å². The first-order valence-electron chi connectivity index (χ1n) is 5.90. The molecule has 0 aliphatic heterocycles. The van der Waals surface area contributed by atoms with Gasteiger partial charge in [0.2, 0.25) is 0 Å². The Balaban J connectivity index is 2.15. The normalized spacial score (nSPS) is 10.5. The van der Waals surface area contributed by atoms with E-state index < -0.39 is 0 Å². The van der Waals surface area contributed by atoms with Gasteiger partial charge in [-0.05, 0) is 35.4 Å². The summed E-state index contributed by atoms with van der Waals surface area (Å²) >= 11 is 12.9. The van der Waals surface area contributed by atoms with Gasteiger partial charge in [-0.1, -0.05) is 50.1 Å². The topological polar surface area (TPSA) is 3.24 Å². The number of rotatable bonds is 4. The fourth-order valence-corrected chi connectivity index (χ4v) is 3.23. The minimum Gasteiger partial charge on any atom is -0.370 e. The van der Waals surface area contributed by atoms with Crippen LogP contribution in [0.4, 0.5) is 5.69 Å². The van der Waals surface area contributed by atoms with Gasteiger partial charge in [-0.25, -0.2) is 0 Å². The van der Waals surface area contributed by atoms with Crippen LogP contribution in [0.15, 0.2) is 51.4 Å². The Bertz CT molecular complexity index is 572. The highest BCUT2D eigenvalue weighted by Crippen LogP contribution is 2.26. The van der Waals surface area contributed by atoms with Crippen molar-refractivity contribution in [1.82, 2.24) is 0 Å². The highest BCUT2D eigenvalue weighted by Gasteiger charge is 2.05. The van der Waals surface area contributed by atoms with Gasteiger partial charge < -0.3 is 4.90 Å². The smallest absolute Gasteiger partial charge is 0.0485 e. The van der Waals surface area contributed by atoms with Crippen LogP contribution in [0.5, 0.6) is 0 Å². The molecule has 0 amide bonds. The van der Waals surface area contributed by atoms with E-state index in [0.717, 1.165) is 21.1 Å². The maximum Gasteiger partial charge on any atom is 0.0485 e. The summed E-state index contributed by atoms with van der Waals surface area (Å²) in [5.41, 5.74) is 3.55. The Morgan fingerprint density at radius 3 is 2.53 bits per heavy atom. The van der Waals surface area contributed by atoms with Gasteiger partial charge in [0, 0.05) is 34.1 Å². The van der Waals surface area contributed by atoms with Gasteiger partial charge in [0.25, 0.3) is 0 Å². The SMILES string of the molecule is CN(Cc1cccc(Br)c1)c1ccc(CCl)c(Br)c1. The maximum atomic E-state index is 5.86. The van der Waals surface area contributed by atoms with E-state index in [9.17, 15) is 0 Å². The minimum absolute atomic E-state index is 0.524. The zero-order valence-corrected chi connectivity index (χ0v) is 14.5. The van der Waals surface area contributed by atoms with Crippen molar-refractivity contribution < 1.29 is 0 Å². The first kappa shape index (κ1) is 14.9. The van der Waals surface area contributed by atoms with Gasteiger partial charge in [0.15, 0.2) is 0 Å². The summed E-state index contributed by atoms with van der Waals surface area (Å²) in [4.78, 5) is 2.21. The quantitative estimate of drug-likeness (QED) is 0.602. The second kappa shape index (κ2) is 6.78. The molecule has 2 aromatic carbocycles. The Kier molecular flexibility index (Phi) is 5.31. The Morgan fingerprint density at radius 1 is 1.11 bits per heavy atom. The third-order valence-electron chi connectivity index (χ3n) is 2.93. The Hall–Kier alpha value is -0.510. The molecule has 0 saturated carbocycles. The molecular weight excluding hydrogens is 389 g/mol. The first-order valence-corrected chi connectivity index (χ1v) is 8.02. The highest BCUT2D eigenvalue weighted by atomic mass is 79.9. The fourth-order valence-electron chi connectivity index (χ4n) is 1.88. The van der Waals surface area contributed by atoms with E-state index >= 15 is 0 Å². The van der Waals surface area contributed by atoms with Gasteiger partial charge in [0.05, 0.1) is 0 Å². The number of hydrogen-bond donors (Lipinski definition) is 0. The predicted molar refractivity (Wildman–Crippen MR) is 89.9 cm³/mol. The lowest BCUT2D eigenvalue weighted by Gasteiger charge is -2.20. The zero-order chi connectivity index (χ0) is 13.8. The molecule has 1 nitrogen and oxygen atoms in total. The van der Waals surface area contributed by atoms with Crippen molar-refractivity contribution in [1.29, 1.82) is 0 Å². The van der Waals surface area contributed by atoms with Gasteiger partial charge in [-0.3, -0.25) is 0 Å². The molecule has 0 aliphatic rings. The second-order valence-corrected chi connectivity index (χ2v) is 6.43. The maximum absolute atomic E-state index is 5.86. The molecule has 0 radical (unpaired) electrons. The van der Waals surface area contributed by atoms with Crippen molar-refractivity contribution in [2.24, 2.45) is 0 Å². The molecule has 0 N–H and O–H groups in total. The molecule has 0 saturated heterocycles. The monoisotopic (exact) mass is 401 g/mol. The van der Waals surface area contributed by atoms with Crippen LogP contribution in [0, 0.1) is 0 Å². The van der Waals surface area contributed by atoms with Crippen LogP contribution in [-0.4, -0.2) is 7.05 Å². The molecule has 0 atom stereocenters. The molecule has 0 aromatic heterocycles. The van der Waals surface area contributed by atoms with Gasteiger partial charge in [-0.15, -0.1) is 11.6 Å². The van der Waals surface area contributed by atoms with Crippen molar-refractivity contribution in [2.75, 3.05) is 11.9 Å². The molecule has 0 fully saturated rings. The molecular formula is C15H14Br2ClN. The van der Waals surface area contributed by atoms with E-state index in [1.165, 1.54) is 11.3 Å². The van der Waals surface area contributed by atoms with Crippen LogP contribution < -0.4 is 4.90 Å². The lowest BCUT2D eigenvalue weighted by Crippen LogP contribution is -2.16. The van der Waals surface area contributed by atoms with Crippen LogP contribution >= 0.6 is 43.5 Å². The third-order valence-corrected chi connectivity index (χ3v) is 4.45. The number of benzene rings is 2. The standard InChI is InChI=1S/C15H14Br2ClN/c1-19(10-11-3-2-4-13(16)7-11)14-6-5-12(9-18)15(17)8-14/h2-8H,9-10H2,1H3. The minimum atomic E-state index is 0.524. The van der Waals surface area contributed by atoms with Crippen LogP contribution in [0.2, 0.25) is 0 Å². The number of halogens is 3. The molecule has 2 aromatic rings. The van der Waals surface area contributed by atoms with E-state index in [2.05, 4.69) is 80.2 Å². The van der Waals surface area contributed by atoms with Crippen LogP contribution in [0.25, 0.3) is 0 Å². The van der Waals surface area contributed by atoms with E-state index in [4.69, 9.17) is 11.6 Å². The van der Waals surface area contributed by atoms with Crippen molar-refractivity contribution >= 4 is 49.1 Å². The largest absolute Gasteiger partial charge is 0.370 e. The summed E-state index contributed by atoms with van der Waals surface area (Å²) in [6.45, 7) is 0.867. The average Bonchev–Trinajstić information content (AvgIpc) is 2.38. The molecule has 0 unspecified atom stereocenters. The van der Waals surface area contributed by atoms with Crippen molar-refractivity contribution in [2.45, 2.75) is 12.4 Å². The second-order valence-electron chi connectivity index (χ2n) is 4.40. The molecule has 100 valence electrons. The Morgan fingerprint density at radius 2 is 1.89 bits per heavy atom. The first-order chi connectivity index (χ1) is 9.10.